The van der Waals surface area contributed by atoms with Crippen molar-refractivity contribution in [2.45, 2.75) is 26.6 Å². The molecule has 0 aliphatic carbocycles. The minimum Gasteiger partial charge on any atom is -0.434 e. The minimum absolute atomic E-state index is 0.0590. The maximum atomic E-state index is 13.2. The zero-order valence-corrected chi connectivity index (χ0v) is 19.4. The SMILES string of the molecule is Cc1ccc(OC(F)F)c(-c2nn(Cc3nnn(CCO)n3)cc2NC(=O)c2cnn3cccnc23)c1. The van der Waals surface area contributed by atoms with Crippen molar-refractivity contribution >= 4 is 17.2 Å². The van der Waals surface area contributed by atoms with Gasteiger partial charge in [0.25, 0.3) is 5.91 Å². The van der Waals surface area contributed by atoms with Gasteiger partial charge in [0.05, 0.1) is 25.0 Å². The molecule has 0 saturated heterocycles. The molecule has 2 N–H and O–H groups in total. The van der Waals surface area contributed by atoms with Crippen LogP contribution in [0.2, 0.25) is 0 Å². The molecule has 5 aromatic rings. The first-order valence-electron chi connectivity index (χ1n) is 11.0. The van der Waals surface area contributed by atoms with Crippen molar-refractivity contribution in [3.63, 3.8) is 0 Å². The van der Waals surface area contributed by atoms with Crippen LogP contribution < -0.4 is 10.1 Å². The second-order valence-electron chi connectivity index (χ2n) is 7.89. The van der Waals surface area contributed by atoms with Crippen molar-refractivity contribution in [2.24, 2.45) is 0 Å². The summed E-state index contributed by atoms with van der Waals surface area (Å²) in [5.74, 6) is -0.336. The number of aromatic nitrogens is 9. The highest BCUT2D eigenvalue weighted by Gasteiger charge is 2.22. The summed E-state index contributed by atoms with van der Waals surface area (Å²) < 4.78 is 33.9. The Kier molecular flexibility index (Phi) is 6.51. The quantitative estimate of drug-likeness (QED) is 0.302. The molecule has 4 heterocycles. The van der Waals surface area contributed by atoms with Gasteiger partial charge >= 0.3 is 6.61 Å². The molecule has 190 valence electrons. The van der Waals surface area contributed by atoms with Gasteiger partial charge in [-0.15, -0.1) is 10.2 Å². The van der Waals surface area contributed by atoms with Gasteiger partial charge in [-0.2, -0.15) is 23.8 Å². The van der Waals surface area contributed by atoms with Gasteiger partial charge in [-0.3, -0.25) is 9.48 Å². The number of alkyl halides is 2. The normalized spacial score (nSPS) is 11.4. The highest BCUT2D eigenvalue weighted by molar-refractivity contribution is 6.09. The lowest BCUT2D eigenvalue weighted by atomic mass is 10.1. The Bertz CT molecular complexity index is 1560. The fraction of sp³-hybridized carbons (Fsp3) is 0.227. The Morgan fingerprint density at radius 3 is 2.95 bits per heavy atom. The molecule has 13 nitrogen and oxygen atoms in total. The molecular formula is C22H20F2N10O3. The van der Waals surface area contributed by atoms with Crippen molar-refractivity contribution in [1.82, 2.24) is 44.6 Å². The smallest absolute Gasteiger partial charge is 0.387 e. The third kappa shape index (κ3) is 5.11. The lowest BCUT2D eigenvalue weighted by molar-refractivity contribution is -0.0494. The van der Waals surface area contributed by atoms with Crippen LogP contribution in [0.3, 0.4) is 0 Å². The number of tetrazole rings is 1. The van der Waals surface area contributed by atoms with E-state index in [0.717, 1.165) is 5.56 Å². The summed E-state index contributed by atoms with van der Waals surface area (Å²) in [7, 11) is 0. The summed E-state index contributed by atoms with van der Waals surface area (Å²) in [6.07, 6.45) is 6.09. The molecule has 1 aromatic carbocycles. The van der Waals surface area contributed by atoms with Gasteiger partial charge in [-0.1, -0.05) is 11.6 Å². The van der Waals surface area contributed by atoms with Crippen molar-refractivity contribution in [3.05, 3.63) is 66.0 Å². The van der Waals surface area contributed by atoms with Crippen LogP contribution in [0.15, 0.2) is 49.1 Å². The van der Waals surface area contributed by atoms with Gasteiger partial charge in [0, 0.05) is 24.2 Å². The maximum Gasteiger partial charge on any atom is 0.387 e. The molecule has 0 saturated carbocycles. The fourth-order valence-corrected chi connectivity index (χ4v) is 3.67. The van der Waals surface area contributed by atoms with E-state index in [1.165, 1.54) is 38.7 Å². The molecular weight excluding hydrogens is 490 g/mol. The van der Waals surface area contributed by atoms with Gasteiger partial charge in [-0.05, 0) is 30.3 Å². The van der Waals surface area contributed by atoms with Crippen molar-refractivity contribution in [3.8, 4) is 17.0 Å². The number of benzene rings is 1. The Morgan fingerprint density at radius 1 is 1.27 bits per heavy atom. The number of carbonyl (C=O) groups is 1. The predicted molar refractivity (Wildman–Crippen MR) is 124 cm³/mol. The topological polar surface area (TPSA) is 150 Å². The fourth-order valence-electron chi connectivity index (χ4n) is 3.67. The van der Waals surface area contributed by atoms with Gasteiger partial charge in [0.2, 0.25) is 0 Å². The number of rotatable bonds is 9. The molecule has 0 unspecified atom stereocenters. The van der Waals surface area contributed by atoms with Crippen LogP contribution in [-0.4, -0.2) is 68.8 Å². The van der Waals surface area contributed by atoms with E-state index in [0.29, 0.717) is 11.5 Å². The maximum absolute atomic E-state index is 13.2. The number of nitrogens with zero attached hydrogens (tertiary/aromatic N) is 9. The van der Waals surface area contributed by atoms with Gasteiger partial charge in [-0.25, -0.2) is 9.50 Å². The van der Waals surface area contributed by atoms with Crippen molar-refractivity contribution in [2.75, 3.05) is 11.9 Å². The number of aliphatic hydroxyl groups excluding tert-OH is 1. The third-order valence-corrected chi connectivity index (χ3v) is 5.24. The molecule has 0 atom stereocenters. The van der Waals surface area contributed by atoms with Crippen molar-refractivity contribution in [1.29, 1.82) is 0 Å². The Balaban J connectivity index is 1.54. The summed E-state index contributed by atoms with van der Waals surface area (Å²) >= 11 is 0. The number of fused-ring (bicyclic) bond motifs is 1. The van der Waals surface area contributed by atoms with E-state index in [-0.39, 0.29) is 48.0 Å². The monoisotopic (exact) mass is 510 g/mol. The lowest BCUT2D eigenvalue weighted by Crippen LogP contribution is -2.12. The number of halogens is 2. The molecule has 0 aliphatic heterocycles. The van der Waals surface area contributed by atoms with Crippen LogP contribution in [-0.2, 0) is 13.1 Å². The van der Waals surface area contributed by atoms with Gasteiger partial charge in [0.15, 0.2) is 11.5 Å². The first-order valence-corrected chi connectivity index (χ1v) is 11.0. The summed E-state index contributed by atoms with van der Waals surface area (Å²) in [6.45, 7) is -1.19. The second-order valence-corrected chi connectivity index (χ2v) is 7.89. The molecule has 0 spiro atoms. The zero-order valence-electron chi connectivity index (χ0n) is 19.4. The van der Waals surface area contributed by atoms with E-state index in [2.05, 4.69) is 35.9 Å². The average Bonchev–Trinajstić information content (AvgIpc) is 3.59. The van der Waals surface area contributed by atoms with E-state index in [1.54, 1.807) is 31.3 Å². The number of aliphatic hydroxyl groups is 1. The Morgan fingerprint density at radius 2 is 2.14 bits per heavy atom. The number of hydrogen-bond acceptors (Lipinski definition) is 9. The van der Waals surface area contributed by atoms with Gasteiger partial charge < -0.3 is 15.2 Å². The van der Waals surface area contributed by atoms with E-state index in [4.69, 9.17) is 9.84 Å². The molecule has 37 heavy (non-hydrogen) atoms. The first-order chi connectivity index (χ1) is 17.9. The highest BCUT2D eigenvalue weighted by Crippen LogP contribution is 2.36. The lowest BCUT2D eigenvalue weighted by Gasteiger charge is -2.12. The standard InChI is InChI=1S/C22H20F2N10O3/c1-13-3-4-17(37-22(23)24)14(9-13)19-16(11-32(30-19)12-18-28-31-34(29-18)7-8-35)27-21(36)15-10-26-33-6-2-5-25-20(15)33/h2-6,9-11,22,35H,7-8,12H2,1H3,(H,27,36). The molecule has 15 heteroatoms. The summed E-state index contributed by atoms with van der Waals surface area (Å²) in [4.78, 5) is 18.6. The summed E-state index contributed by atoms with van der Waals surface area (Å²) in [5, 5.41) is 32.4. The molecule has 4 aromatic heterocycles. The molecule has 0 radical (unpaired) electrons. The minimum atomic E-state index is -3.06. The van der Waals surface area contributed by atoms with E-state index in [9.17, 15) is 13.6 Å². The first kappa shape index (κ1) is 23.9. The third-order valence-electron chi connectivity index (χ3n) is 5.24. The second kappa shape index (κ2) is 10.1. The zero-order chi connectivity index (χ0) is 25.9. The van der Waals surface area contributed by atoms with Crippen LogP contribution >= 0.6 is 0 Å². The van der Waals surface area contributed by atoms with E-state index in [1.807, 2.05) is 0 Å². The summed E-state index contributed by atoms with van der Waals surface area (Å²) in [5.41, 5.74) is 2.00. The number of carbonyl (C=O) groups excluding carboxylic acids is 1. The highest BCUT2D eigenvalue weighted by atomic mass is 19.3. The molecule has 0 bridgehead atoms. The van der Waals surface area contributed by atoms with Crippen LogP contribution in [0.1, 0.15) is 21.7 Å². The average molecular weight is 510 g/mol. The van der Waals surface area contributed by atoms with Gasteiger partial charge in [0.1, 0.15) is 23.6 Å². The van der Waals surface area contributed by atoms with Crippen LogP contribution in [0.25, 0.3) is 16.9 Å². The molecule has 0 aliphatic rings. The number of amides is 1. The number of aryl methyl sites for hydroxylation is 1. The van der Waals surface area contributed by atoms with Crippen LogP contribution in [0.5, 0.6) is 5.75 Å². The van der Waals surface area contributed by atoms with E-state index >= 15 is 0 Å². The Hall–Kier alpha value is -4.79. The molecule has 0 fully saturated rings. The summed E-state index contributed by atoms with van der Waals surface area (Å²) in [6, 6.07) is 6.35. The van der Waals surface area contributed by atoms with Crippen LogP contribution in [0, 0.1) is 6.92 Å². The molecule has 1 amide bonds. The number of anilines is 1. The van der Waals surface area contributed by atoms with Crippen molar-refractivity contribution < 1.29 is 23.4 Å². The largest absolute Gasteiger partial charge is 0.434 e. The number of ether oxygens (including phenoxy) is 1. The number of nitrogens with one attached hydrogen (secondary N) is 1. The predicted octanol–water partition coefficient (Wildman–Crippen LogP) is 1.78. The number of hydrogen-bond donors (Lipinski definition) is 2. The van der Waals surface area contributed by atoms with E-state index < -0.39 is 12.5 Å². The van der Waals surface area contributed by atoms with Crippen LogP contribution in [0.4, 0.5) is 14.5 Å². The molecule has 5 rings (SSSR count). The Labute approximate surface area is 207 Å².